The maximum atomic E-state index is 14.1. The van der Waals surface area contributed by atoms with Gasteiger partial charge in [-0.2, -0.15) is 11.8 Å². The molecule has 0 aromatic carbocycles. The number of primary amides is 2. The van der Waals surface area contributed by atoms with Gasteiger partial charge < -0.3 is 79.2 Å². The molecule has 16 N–H and O–H groups in total. The molecule has 0 radical (unpaired) electrons. The van der Waals surface area contributed by atoms with Crippen molar-refractivity contribution in [1.82, 2.24) is 42.1 Å². The van der Waals surface area contributed by atoms with Crippen LogP contribution in [0.15, 0.2) is 23.4 Å². The summed E-state index contributed by atoms with van der Waals surface area (Å²) in [7, 11) is 0. The number of allylic oxidation sites excluding steroid dienone is 1. The Bertz CT molecular complexity index is 1740. The quantitative estimate of drug-likeness (QED) is 0.0228. The molecule has 1 fully saturated rings. The van der Waals surface area contributed by atoms with Gasteiger partial charge in [0.25, 0.3) is 0 Å². The van der Waals surface area contributed by atoms with E-state index < -0.39 is 157 Å². The number of nitrogens with zero attached hydrogens (tertiary/aromatic N) is 1. The molecule has 1 heterocycles. The molecule has 374 valence electrons. The van der Waals surface area contributed by atoms with Crippen LogP contribution in [0, 0.1) is 11.8 Å². The molecule has 1 aliphatic heterocycles. The van der Waals surface area contributed by atoms with E-state index in [1.165, 1.54) is 13.8 Å². The van der Waals surface area contributed by atoms with Gasteiger partial charge in [0.2, 0.25) is 58.2 Å². The average Bonchev–Trinajstić information content (AvgIpc) is 3.66. The number of aliphatic hydroxyl groups excluding tert-OH is 3. The first-order valence-corrected chi connectivity index (χ1v) is 23.8. The van der Waals surface area contributed by atoms with E-state index >= 15 is 0 Å². The van der Waals surface area contributed by atoms with Crippen molar-refractivity contribution in [3.05, 3.63) is 23.4 Å². The van der Waals surface area contributed by atoms with Crippen molar-refractivity contribution < 1.29 is 63.0 Å². The minimum absolute atomic E-state index is 0.0663. The third kappa shape index (κ3) is 21.1. The Morgan fingerprint density at radius 3 is 2.14 bits per heavy atom. The summed E-state index contributed by atoms with van der Waals surface area (Å²) in [4.78, 5) is 117. The topological polar surface area (TPSA) is 403 Å². The summed E-state index contributed by atoms with van der Waals surface area (Å²) in [5, 5.41) is 47.1. The van der Waals surface area contributed by atoms with E-state index in [4.69, 9.17) is 17.2 Å². The molecule has 0 saturated carbocycles. The summed E-state index contributed by atoms with van der Waals surface area (Å²) in [5.74, 6) is -9.08. The van der Waals surface area contributed by atoms with Gasteiger partial charge >= 0.3 is 0 Å². The summed E-state index contributed by atoms with van der Waals surface area (Å²) in [6, 6.07) is -7.76. The molecule has 1 unspecified atom stereocenters. The number of thioether (sulfide) groups is 1. The summed E-state index contributed by atoms with van der Waals surface area (Å²) in [5.41, 5.74) is 17.0. The van der Waals surface area contributed by atoms with Crippen molar-refractivity contribution in [3.63, 3.8) is 0 Å². The van der Waals surface area contributed by atoms with E-state index in [0.29, 0.717) is 24.4 Å². The molecule has 66 heavy (non-hydrogen) atoms. The van der Waals surface area contributed by atoms with Crippen LogP contribution in [0.4, 0.5) is 0 Å². The van der Waals surface area contributed by atoms with E-state index in [2.05, 4.69) is 43.8 Å². The van der Waals surface area contributed by atoms with E-state index in [1.54, 1.807) is 32.5 Å². The molecular formula is C40H69N11O13S2. The largest absolute Gasteiger partial charge is 0.610 e. The second kappa shape index (κ2) is 30.3. The molecule has 1 rings (SSSR count). The Morgan fingerprint density at radius 1 is 0.924 bits per heavy atom. The fraction of sp³-hybridized carbons (Fsp3) is 0.675. The number of carbonyl (C=O) groups is 9. The van der Waals surface area contributed by atoms with E-state index in [-0.39, 0.29) is 11.4 Å². The zero-order chi connectivity index (χ0) is 50.3. The second-order valence-electron chi connectivity index (χ2n) is 15.8. The highest BCUT2D eigenvalue weighted by Gasteiger charge is 2.44. The smallest absolute Gasteiger partial charge is 0.248 e. The van der Waals surface area contributed by atoms with Crippen LogP contribution in [0.1, 0.15) is 66.7 Å². The van der Waals surface area contributed by atoms with E-state index in [1.807, 2.05) is 6.08 Å². The van der Waals surface area contributed by atoms with Gasteiger partial charge in [-0.15, -0.1) is 0 Å². The third-order valence-electron chi connectivity index (χ3n) is 10.4. The van der Waals surface area contributed by atoms with Gasteiger partial charge in [0.15, 0.2) is 6.04 Å². The normalized spacial score (nSPS) is 18.5. The highest BCUT2D eigenvalue weighted by atomic mass is 32.2. The maximum absolute atomic E-state index is 14.1. The second-order valence-corrected chi connectivity index (χ2v) is 18.5. The Hall–Kier alpha value is -4.99. The predicted octanol–water partition coefficient (Wildman–Crippen LogP) is -5.28. The summed E-state index contributed by atoms with van der Waals surface area (Å²) < 4.78 is 13.6. The summed E-state index contributed by atoms with van der Waals surface area (Å²) >= 11 is -0.483. The molecule has 1 saturated heterocycles. The molecule has 0 spiro atoms. The van der Waals surface area contributed by atoms with Crippen molar-refractivity contribution in [2.24, 2.45) is 29.0 Å². The van der Waals surface area contributed by atoms with E-state index in [0.717, 1.165) is 23.5 Å². The highest BCUT2D eigenvalue weighted by molar-refractivity contribution is 7.99. The van der Waals surface area contributed by atoms with Gasteiger partial charge in [-0.1, -0.05) is 33.3 Å². The van der Waals surface area contributed by atoms with Crippen molar-refractivity contribution in [3.8, 4) is 0 Å². The van der Waals surface area contributed by atoms with Gasteiger partial charge in [-0.25, -0.2) is 0 Å². The minimum atomic E-state index is -2.13. The number of rotatable bonds is 31. The Kier molecular flexibility index (Phi) is 27.1. The molecule has 9 amide bonds. The number of amides is 9. The number of nitrogens with one attached hydrogen (secondary N) is 7. The number of aliphatic hydroxyl groups is 3. The van der Waals surface area contributed by atoms with E-state index in [9.17, 15) is 63.0 Å². The monoisotopic (exact) mass is 975 g/mol. The maximum Gasteiger partial charge on any atom is 0.248 e. The lowest BCUT2D eigenvalue weighted by atomic mass is 9.95. The summed E-state index contributed by atoms with van der Waals surface area (Å²) in [6.07, 6.45) is 0.0612. The van der Waals surface area contributed by atoms with Crippen molar-refractivity contribution in [2.45, 2.75) is 109 Å². The standard InChI is InChI=1S/C40H69N11O13S2/c1-7-21(2)34(49-33(58)16-44-24(5)53)39(62)45-17-32(57)47-28(20-66(64)25(6)46-22(3)10-13-65-12-9-8-11-41)37(60)48-27(15-31(42)56)40(63)51-18-26(54)14-29(51)38(61)50-35(36(43)59)23(4)30(55)19-52/h10,21,23,26-30,34-35,46,52,54-55H,6-9,11-20,41H2,1-5H3,(H2,42,56)(H2,43,59)(H,44,53)(H,45,62)(H,47,57)(H,48,60)(H,49,58)(H,50,61)/b22-10-/t21-,23-,26+,27-,28-,29-,30-,34-,35-,66?/m0/s1. The lowest BCUT2D eigenvalue weighted by molar-refractivity contribution is -0.143. The molecular weight excluding hydrogens is 907 g/mol. The fourth-order valence-electron chi connectivity index (χ4n) is 6.31. The third-order valence-corrected chi connectivity index (χ3v) is 12.6. The van der Waals surface area contributed by atoms with Crippen LogP contribution >= 0.6 is 11.8 Å². The van der Waals surface area contributed by atoms with Gasteiger partial charge in [0.1, 0.15) is 29.9 Å². The average molecular weight is 976 g/mol. The van der Waals surface area contributed by atoms with Crippen LogP contribution in [0.5, 0.6) is 0 Å². The van der Waals surface area contributed by atoms with Crippen LogP contribution < -0.4 is 54.4 Å². The SMILES string of the molecule is C=C(N/C(C)=C\CSCCCCN)[S+]([O-])C[C@H](NC(=O)CNC(=O)[C@@H](NC(=O)CNC(C)=O)[C@@H](C)CC)C(=O)N[C@@H](CC(N)=O)C(=O)N1C[C@H](O)C[C@H]1C(=O)N[C@H](C(N)=O)[C@@H](C)[C@@H](O)CO. The van der Waals surface area contributed by atoms with Crippen molar-refractivity contribution >= 4 is 76.1 Å². The highest BCUT2D eigenvalue weighted by Crippen LogP contribution is 2.22. The van der Waals surface area contributed by atoms with Gasteiger partial charge in [0, 0.05) is 48.4 Å². The van der Waals surface area contributed by atoms with Gasteiger partial charge in [-0.3, -0.25) is 43.2 Å². The lowest BCUT2D eigenvalue weighted by Crippen LogP contribution is -2.60. The molecule has 10 atom stereocenters. The first kappa shape index (κ1) is 59.0. The molecule has 1 aliphatic rings. The zero-order valence-electron chi connectivity index (χ0n) is 38.1. The lowest BCUT2D eigenvalue weighted by Gasteiger charge is -2.31. The number of hydrogen-bond donors (Lipinski definition) is 13. The first-order chi connectivity index (χ1) is 31.0. The Morgan fingerprint density at radius 2 is 1.56 bits per heavy atom. The number of carbonyl (C=O) groups excluding carboxylic acids is 9. The molecule has 0 bridgehead atoms. The van der Waals surface area contributed by atoms with Crippen molar-refractivity contribution in [2.75, 3.05) is 50.0 Å². The molecule has 0 aliphatic carbocycles. The van der Waals surface area contributed by atoms with Crippen LogP contribution in [-0.2, 0) is 54.3 Å². The molecule has 24 nitrogen and oxygen atoms in total. The number of β-amino-alcohol motifs (C(OH)–C–C–N with tert-alkyl or cyclic N) is 1. The van der Waals surface area contributed by atoms with Gasteiger partial charge in [0.05, 0.1) is 38.3 Å². The number of hydrogen-bond acceptors (Lipinski definition) is 16. The number of likely N-dealkylation sites (tertiary alicyclic amines) is 1. The van der Waals surface area contributed by atoms with Crippen LogP contribution in [0.25, 0.3) is 0 Å². The van der Waals surface area contributed by atoms with Gasteiger partial charge in [-0.05, 0) is 44.6 Å². The number of unbranched alkanes of at least 4 members (excludes halogenated alkanes) is 1. The Balaban J connectivity index is 3.43. The first-order valence-electron chi connectivity index (χ1n) is 21.3. The fourth-order valence-corrected chi connectivity index (χ4v) is 8.27. The minimum Gasteiger partial charge on any atom is -0.610 e. The summed E-state index contributed by atoms with van der Waals surface area (Å²) in [6.45, 7) is 9.61. The van der Waals surface area contributed by atoms with Crippen LogP contribution in [-0.4, -0.2) is 170 Å². The molecule has 0 aromatic rings. The zero-order valence-corrected chi connectivity index (χ0v) is 39.7. The molecule has 0 aromatic heterocycles. The predicted molar refractivity (Wildman–Crippen MR) is 245 cm³/mol. The Labute approximate surface area is 391 Å². The molecule has 26 heteroatoms. The van der Waals surface area contributed by atoms with Crippen LogP contribution in [0.2, 0.25) is 0 Å². The van der Waals surface area contributed by atoms with Crippen LogP contribution in [0.3, 0.4) is 0 Å². The number of nitrogens with two attached hydrogens (primary N) is 3. The van der Waals surface area contributed by atoms with Crippen molar-refractivity contribution in [1.29, 1.82) is 0 Å².